The third-order valence-electron chi connectivity index (χ3n) is 3.57. The highest BCUT2D eigenvalue weighted by atomic mass is 35.5. The van der Waals surface area contributed by atoms with E-state index in [2.05, 4.69) is 6.92 Å². The summed E-state index contributed by atoms with van der Waals surface area (Å²) in [6.45, 7) is 2.06. The molecule has 0 aliphatic rings. The lowest BCUT2D eigenvalue weighted by Gasteiger charge is -2.29. The standard InChI is InChI=1S/C16H17Cl2N3/c1-10(12-5-3-4-6-14(12)18)21(2)15-8-7-11(17)9-13(15)16(19)20/h3-10H,1-2H3,(H3,19,20). The first kappa shape index (κ1) is 15.7. The Labute approximate surface area is 134 Å². The number of rotatable bonds is 4. The van der Waals surface area contributed by atoms with E-state index in [-0.39, 0.29) is 11.9 Å². The monoisotopic (exact) mass is 321 g/mol. The van der Waals surface area contributed by atoms with Crippen molar-refractivity contribution >= 4 is 34.7 Å². The molecule has 5 heteroatoms. The Morgan fingerprint density at radius 3 is 2.48 bits per heavy atom. The molecule has 0 radical (unpaired) electrons. The molecule has 3 N–H and O–H groups in total. The molecule has 1 atom stereocenters. The van der Waals surface area contributed by atoms with Gasteiger partial charge in [-0.2, -0.15) is 0 Å². The number of hydrogen-bond donors (Lipinski definition) is 2. The van der Waals surface area contributed by atoms with Gasteiger partial charge in [-0.05, 0) is 36.8 Å². The van der Waals surface area contributed by atoms with Crippen LogP contribution in [0.15, 0.2) is 42.5 Å². The first-order valence-electron chi connectivity index (χ1n) is 6.53. The quantitative estimate of drug-likeness (QED) is 0.644. The number of amidine groups is 1. The van der Waals surface area contributed by atoms with Crippen LogP contribution in [0.25, 0.3) is 0 Å². The van der Waals surface area contributed by atoms with E-state index in [4.69, 9.17) is 34.3 Å². The SMILES string of the molecule is CC(c1ccccc1Cl)N(C)c1ccc(Cl)cc1C(=N)N. The van der Waals surface area contributed by atoms with Gasteiger partial charge in [0.1, 0.15) is 5.84 Å². The van der Waals surface area contributed by atoms with Crippen molar-refractivity contribution in [2.45, 2.75) is 13.0 Å². The van der Waals surface area contributed by atoms with Crippen LogP contribution < -0.4 is 10.6 Å². The molecule has 0 bridgehead atoms. The summed E-state index contributed by atoms with van der Waals surface area (Å²) in [5.74, 6) is -0.00860. The summed E-state index contributed by atoms with van der Waals surface area (Å²) in [4.78, 5) is 2.04. The average Bonchev–Trinajstić information content (AvgIpc) is 2.46. The number of nitrogens with zero attached hydrogens (tertiary/aromatic N) is 1. The molecule has 0 heterocycles. The molecular formula is C16H17Cl2N3. The highest BCUT2D eigenvalue weighted by Crippen LogP contribution is 2.32. The molecule has 21 heavy (non-hydrogen) atoms. The van der Waals surface area contributed by atoms with Gasteiger partial charge in [-0.1, -0.05) is 41.4 Å². The van der Waals surface area contributed by atoms with Gasteiger partial charge >= 0.3 is 0 Å². The van der Waals surface area contributed by atoms with Crippen LogP contribution >= 0.6 is 23.2 Å². The van der Waals surface area contributed by atoms with E-state index in [1.807, 2.05) is 42.3 Å². The van der Waals surface area contributed by atoms with Crippen molar-refractivity contribution in [1.82, 2.24) is 0 Å². The molecule has 0 fully saturated rings. The van der Waals surface area contributed by atoms with Crippen LogP contribution in [-0.4, -0.2) is 12.9 Å². The second-order valence-electron chi connectivity index (χ2n) is 4.88. The molecule has 0 saturated carbocycles. The van der Waals surface area contributed by atoms with Gasteiger partial charge in [0, 0.05) is 28.3 Å². The Bertz CT molecular complexity index is 670. The van der Waals surface area contributed by atoms with Gasteiger partial charge in [-0.25, -0.2) is 0 Å². The summed E-state index contributed by atoms with van der Waals surface area (Å²) < 4.78 is 0. The fraction of sp³-hybridized carbons (Fsp3) is 0.188. The summed E-state index contributed by atoms with van der Waals surface area (Å²) in [5, 5.41) is 9.00. The zero-order valence-corrected chi connectivity index (χ0v) is 13.4. The second kappa shape index (κ2) is 6.37. The van der Waals surface area contributed by atoms with Gasteiger partial charge in [-0.15, -0.1) is 0 Å². The van der Waals surface area contributed by atoms with Gasteiger partial charge in [-0.3, -0.25) is 5.41 Å². The summed E-state index contributed by atoms with van der Waals surface area (Å²) in [6.07, 6.45) is 0. The van der Waals surface area contributed by atoms with E-state index in [1.165, 1.54) is 0 Å². The topological polar surface area (TPSA) is 53.1 Å². The summed E-state index contributed by atoms with van der Waals surface area (Å²) in [5.41, 5.74) is 8.14. The molecule has 2 aromatic rings. The van der Waals surface area contributed by atoms with Crippen molar-refractivity contribution in [2.75, 3.05) is 11.9 Å². The first-order chi connectivity index (χ1) is 9.91. The number of benzene rings is 2. The number of nitrogens with one attached hydrogen (secondary N) is 1. The minimum absolute atomic E-state index is 0.00860. The number of anilines is 1. The van der Waals surface area contributed by atoms with Gasteiger partial charge in [0.25, 0.3) is 0 Å². The lowest BCUT2D eigenvalue weighted by atomic mass is 10.0. The van der Waals surface area contributed by atoms with Crippen LogP contribution in [-0.2, 0) is 0 Å². The highest BCUT2D eigenvalue weighted by molar-refractivity contribution is 6.31. The molecule has 0 saturated heterocycles. The predicted octanol–water partition coefficient (Wildman–Crippen LogP) is 4.47. The Kier molecular flexibility index (Phi) is 4.76. The van der Waals surface area contributed by atoms with Gasteiger partial charge in [0.05, 0.1) is 6.04 Å². The maximum absolute atomic E-state index is 7.72. The Hall–Kier alpha value is -1.71. The maximum atomic E-state index is 7.72. The third kappa shape index (κ3) is 3.31. The van der Waals surface area contributed by atoms with Gasteiger partial charge in [0.15, 0.2) is 0 Å². The normalized spacial score (nSPS) is 12.0. The second-order valence-corrected chi connectivity index (χ2v) is 5.73. The van der Waals surface area contributed by atoms with E-state index in [0.717, 1.165) is 16.3 Å². The molecule has 1 unspecified atom stereocenters. The molecular weight excluding hydrogens is 305 g/mol. The number of hydrogen-bond acceptors (Lipinski definition) is 2. The molecule has 0 spiro atoms. The van der Waals surface area contributed by atoms with E-state index in [9.17, 15) is 0 Å². The first-order valence-corrected chi connectivity index (χ1v) is 7.28. The zero-order chi connectivity index (χ0) is 15.6. The van der Waals surface area contributed by atoms with Crippen LogP contribution in [0.4, 0.5) is 5.69 Å². The van der Waals surface area contributed by atoms with Crippen LogP contribution in [0.5, 0.6) is 0 Å². The van der Waals surface area contributed by atoms with E-state index in [1.54, 1.807) is 12.1 Å². The van der Waals surface area contributed by atoms with Gasteiger partial charge < -0.3 is 10.6 Å². The molecule has 0 aromatic heterocycles. The lowest BCUT2D eigenvalue weighted by Crippen LogP contribution is -2.25. The molecule has 0 amide bonds. The predicted molar refractivity (Wildman–Crippen MR) is 90.7 cm³/mol. The fourth-order valence-electron chi connectivity index (χ4n) is 2.26. The van der Waals surface area contributed by atoms with Crippen molar-refractivity contribution in [3.63, 3.8) is 0 Å². The Morgan fingerprint density at radius 2 is 1.86 bits per heavy atom. The third-order valence-corrected chi connectivity index (χ3v) is 4.14. The van der Waals surface area contributed by atoms with Crippen LogP contribution in [0.1, 0.15) is 24.1 Å². The largest absolute Gasteiger partial charge is 0.384 e. The van der Waals surface area contributed by atoms with Crippen molar-refractivity contribution in [3.8, 4) is 0 Å². The smallest absolute Gasteiger partial charge is 0.124 e. The minimum Gasteiger partial charge on any atom is -0.384 e. The summed E-state index contributed by atoms with van der Waals surface area (Å²) >= 11 is 12.3. The number of nitrogen functional groups attached to an aromatic ring is 1. The molecule has 2 rings (SSSR count). The summed E-state index contributed by atoms with van der Waals surface area (Å²) in [7, 11) is 1.95. The molecule has 2 aromatic carbocycles. The fourth-order valence-corrected chi connectivity index (χ4v) is 2.73. The summed E-state index contributed by atoms with van der Waals surface area (Å²) in [6, 6.07) is 13.1. The van der Waals surface area contributed by atoms with Gasteiger partial charge in [0.2, 0.25) is 0 Å². The van der Waals surface area contributed by atoms with E-state index < -0.39 is 0 Å². The van der Waals surface area contributed by atoms with E-state index >= 15 is 0 Å². The molecule has 0 aliphatic carbocycles. The number of halogens is 2. The van der Waals surface area contributed by atoms with Crippen molar-refractivity contribution < 1.29 is 0 Å². The molecule has 110 valence electrons. The van der Waals surface area contributed by atoms with Crippen LogP contribution in [0.3, 0.4) is 0 Å². The lowest BCUT2D eigenvalue weighted by molar-refractivity contribution is 0.739. The van der Waals surface area contributed by atoms with Crippen LogP contribution in [0.2, 0.25) is 10.0 Å². The molecule has 3 nitrogen and oxygen atoms in total. The maximum Gasteiger partial charge on any atom is 0.124 e. The Balaban J connectivity index is 2.43. The van der Waals surface area contributed by atoms with E-state index in [0.29, 0.717) is 10.6 Å². The minimum atomic E-state index is -0.00860. The van der Waals surface area contributed by atoms with Crippen molar-refractivity contribution in [3.05, 3.63) is 63.6 Å². The highest BCUT2D eigenvalue weighted by Gasteiger charge is 2.18. The average molecular weight is 322 g/mol. The van der Waals surface area contributed by atoms with Crippen molar-refractivity contribution in [1.29, 1.82) is 5.41 Å². The number of nitrogens with two attached hydrogens (primary N) is 1. The van der Waals surface area contributed by atoms with Crippen molar-refractivity contribution in [2.24, 2.45) is 5.73 Å². The zero-order valence-electron chi connectivity index (χ0n) is 11.9. The Morgan fingerprint density at radius 1 is 1.19 bits per heavy atom. The molecule has 0 aliphatic heterocycles. The van der Waals surface area contributed by atoms with Crippen LogP contribution in [0, 0.1) is 5.41 Å².